The number of hydrogen-bond acceptors (Lipinski definition) is 8. The summed E-state index contributed by atoms with van der Waals surface area (Å²) in [6.45, 7) is 10.9. The average Bonchev–Trinajstić information content (AvgIpc) is 2.69. The summed E-state index contributed by atoms with van der Waals surface area (Å²) in [5, 5.41) is 15.8. The lowest BCUT2D eigenvalue weighted by atomic mass is 10.0. The van der Waals surface area contributed by atoms with E-state index in [1.54, 1.807) is 53.7 Å². The van der Waals surface area contributed by atoms with Crippen LogP contribution in [0, 0.1) is 0 Å². The van der Waals surface area contributed by atoms with Gasteiger partial charge in [-0.05, 0) is 66.2 Å². The molecule has 0 unspecified atom stereocenters. The minimum atomic E-state index is -1.23. The summed E-state index contributed by atoms with van der Waals surface area (Å²) in [5.74, 6) is -2.40. The highest BCUT2D eigenvalue weighted by Crippen LogP contribution is 2.17. The van der Waals surface area contributed by atoms with Crippen LogP contribution in [0.1, 0.15) is 54.0 Å². The number of amides is 3. The van der Waals surface area contributed by atoms with Crippen LogP contribution < -0.4 is 20.7 Å². The van der Waals surface area contributed by atoms with Crippen LogP contribution >= 0.6 is 0 Å². The van der Waals surface area contributed by atoms with Gasteiger partial charge in [0, 0.05) is 6.42 Å². The fourth-order valence-corrected chi connectivity index (χ4v) is 2.65. The van der Waals surface area contributed by atoms with Crippen molar-refractivity contribution in [1.29, 1.82) is 0 Å². The van der Waals surface area contributed by atoms with Gasteiger partial charge in [-0.2, -0.15) is 0 Å². The van der Waals surface area contributed by atoms with Gasteiger partial charge in [0.25, 0.3) is 0 Å². The smallest absolute Gasteiger partial charge is 0.480 e. The molecular weight excluding hydrogens is 474 g/mol. The minimum absolute atomic E-state index is 0.0151. The van der Waals surface area contributed by atoms with Crippen molar-refractivity contribution in [3.63, 3.8) is 0 Å². The molecule has 12 nitrogen and oxygen atoms in total. The van der Waals surface area contributed by atoms with Crippen molar-refractivity contribution in [3.8, 4) is 5.75 Å². The van der Waals surface area contributed by atoms with Crippen LogP contribution in [0.2, 0.25) is 0 Å². The molecule has 3 amide bonds. The summed E-state index contributed by atoms with van der Waals surface area (Å²) in [7, 11) is 0. The molecule has 0 aliphatic carbocycles. The number of hydrogen-bond donors (Lipinski definition) is 4. The van der Waals surface area contributed by atoms with E-state index in [0.29, 0.717) is 5.56 Å². The SMILES string of the molecule is C[C@H](NC(=O)[C@H](Cc1ccc(OC(=O)OC(C)(C)C)cc1)NC(=O)OC(C)(C)C)C(=O)NCC(=O)O. The maximum absolute atomic E-state index is 12.9. The number of carboxylic acids is 1. The molecule has 1 aromatic rings. The monoisotopic (exact) mass is 509 g/mol. The molecule has 0 heterocycles. The molecule has 2 atom stereocenters. The lowest BCUT2D eigenvalue weighted by Gasteiger charge is -2.24. The molecular formula is C24H35N3O9. The number of carbonyl (C=O) groups excluding carboxylic acids is 4. The topological polar surface area (TPSA) is 169 Å². The third-order valence-electron chi connectivity index (χ3n) is 4.13. The van der Waals surface area contributed by atoms with E-state index < -0.39 is 59.9 Å². The van der Waals surface area contributed by atoms with Crippen molar-refractivity contribution < 1.29 is 43.3 Å². The van der Waals surface area contributed by atoms with E-state index in [-0.39, 0.29) is 12.2 Å². The number of carbonyl (C=O) groups is 5. The summed E-state index contributed by atoms with van der Waals surface area (Å²) < 4.78 is 15.4. The second-order valence-corrected chi connectivity index (χ2v) is 9.96. The first-order valence-corrected chi connectivity index (χ1v) is 11.2. The van der Waals surface area contributed by atoms with Crippen LogP contribution in [0.3, 0.4) is 0 Å². The fraction of sp³-hybridized carbons (Fsp3) is 0.542. The Morgan fingerprint density at radius 1 is 0.861 bits per heavy atom. The molecule has 0 aliphatic heterocycles. The molecule has 0 saturated carbocycles. The lowest BCUT2D eigenvalue weighted by Crippen LogP contribution is -2.54. The number of ether oxygens (including phenoxy) is 3. The maximum Gasteiger partial charge on any atom is 0.514 e. The van der Waals surface area contributed by atoms with E-state index in [0.717, 1.165) is 0 Å². The number of nitrogens with one attached hydrogen (secondary N) is 3. The van der Waals surface area contributed by atoms with Crippen LogP contribution in [0.15, 0.2) is 24.3 Å². The molecule has 12 heteroatoms. The van der Waals surface area contributed by atoms with Gasteiger partial charge >= 0.3 is 18.2 Å². The molecule has 0 aliphatic rings. The molecule has 36 heavy (non-hydrogen) atoms. The van der Waals surface area contributed by atoms with Gasteiger partial charge in [-0.1, -0.05) is 12.1 Å². The quantitative estimate of drug-likeness (QED) is 0.288. The summed E-state index contributed by atoms with van der Waals surface area (Å²) in [6.07, 6.45) is -1.69. The molecule has 0 radical (unpaired) electrons. The Labute approximate surface area is 210 Å². The van der Waals surface area contributed by atoms with Crippen molar-refractivity contribution in [3.05, 3.63) is 29.8 Å². The van der Waals surface area contributed by atoms with Gasteiger partial charge < -0.3 is 35.3 Å². The van der Waals surface area contributed by atoms with Crippen LogP contribution in [-0.2, 0) is 30.3 Å². The van der Waals surface area contributed by atoms with Gasteiger partial charge in [0.15, 0.2) is 0 Å². The number of alkyl carbamates (subject to hydrolysis) is 1. The highest BCUT2D eigenvalue weighted by molar-refractivity contribution is 5.92. The average molecular weight is 510 g/mol. The summed E-state index contributed by atoms with van der Waals surface area (Å²) >= 11 is 0. The third kappa shape index (κ3) is 12.6. The van der Waals surface area contributed by atoms with Gasteiger partial charge in [0.05, 0.1) is 0 Å². The van der Waals surface area contributed by atoms with E-state index >= 15 is 0 Å². The second kappa shape index (κ2) is 12.8. The minimum Gasteiger partial charge on any atom is -0.480 e. The number of rotatable bonds is 9. The third-order valence-corrected chi connectivity index (χ3v) is 4.13. The van der Waals surface area contributed by atoms with Gasteiger partial charge in [0.2, 0.25) is 11.8 Å². The Kier molecular flexibility index (Phi) is 10.7. The van der Waals surface area contributed by atoms with Crippen molar-refractivity contribution >= 4 is 30.0 Å². The first kappa shape index (κ1) is 30.2. The van der Waals surface area contributed by atoms with Crippen LogP contribution in [0.25, 0.3) is 0 Å². The summed E-state index contributed by atoms with van der Waals surface area (Å²) in [6, 6.07) is 4.00. The Bertz CT molecular complexity index is 947. The summed E-state index contributed by atoms with van der Waals surface area (Å²) in [5.41, 5.74) is -0.923. The number of aliphatic carboxylic acids is 1. The first-order valence-electron chi connectivity index (χ1n) is 11.2. The van der Waals surface area contributed by atoms with E-state index in [1.807, 2.05) is 0 Å². The first-order chi connectivity index (χ1) is 16.4. The zero-order valence-electron chi connectivity index (χ0n) is 21.6. The Morgan fingerprint density at radius 2 is 1.42 bits per heavy atom. The zero-order valence-corrected chi connectivity index (χ0v) is 21.6. The normalized spacial score (nSPS) is 13.0. The van der Waals surface area contributed by atoms with E-state index in [2.05, 4.69) is 16.0 Å². The van der Waals surface area contributed by atoms with Gasteiger partial charge in [-0.25, -0.2) is 9.59 Å². The molecule has 0 aromatic heterocycles. The van der Waals surface area contributed by atoms with Gasteiger partial charge in [0.1, 0.15) is 35.6 Å². The second-order valence-electron chi connectivity index (χ2n) is 9.96. The highest BCUT2D eigenvalue weighted by Gasteiger charge is 2.27. The van der Waals surface area contributed by atoms with Gasteiger partial charge in [-0.3, -0.25) is 14.4 Å². The predicted octanol–water partition coefficient (Wildman–Crippen LogP) is 2.14. The zero-order chi connectivity index (χ0) is 27.7. The van der Waals surface area contributed by atoms with E-state index in [9.17, 15) is 24.0 Å². The number of benzene rings is 1. The maximum atomic E-state index is 12.9. The van der Waals surface area contributed by atoms with Crippen LogP contribution in [0.5, 0.6) is 5.75 Å². The Morgan fingerprint density at radius 3 is 1.92 bits per heavy atom. The van der Waals surface area contributed by atoms with Crippen molar-refractivity contribution in [2.24, 2.45) is 0 Å². The standard InChI is InChI=1S/C24H35N3O9/c1-14(19(30)25-13-18(28)29)26-20(31)17(27-21(32)35-23(2,3)4)12-15-8-10-16(11-9-15)34-22(33)36-24(5,6)7/h8-11,14,17H,12-13H2,1-7H3,(H,25,30)(H,26,31)(H,27,32)(H,28,29)/t14-,17-/m0/s1. The molecule has 0 saturated heterocycles. The van der Waals surface area contributed by atoms with Crippen molar-refractivity contribution in [1.82, 2.24) is 16.0 Å². The summed E-state index contributed by atoms with van der Waals surface area (Å²) in [4.78, 5) is 59.7. The van der Waals surface area contributed by atoms with E-state index in [4.69, 9.17) is 19.3 Å². The van der Waals surface area contributed by atoms with Crippen LogP contribution in [0.4, 0.5) is 9.59 Å². The lowest BCUT2D eigenvalue weighted by molar-refractivity contribution is -0.138. The van der Waals surface area contributed by atoms with E-state index in [1.165, 1.54) is 19.1 Å². The predicted molar refractivity (Wildman–Crippen MR) is 128 cm³/mol. The number of carboxylic acid groups (broad SMARTS) is 1. The van der Waals surface area contributed by atoms with Crippen molar-refractivity contribution in [2.75, 3.05) is 6.54 Å². The van der Waals surface area contributed by atoms with Crippen LogP contribution in [-0.4, -0.2) is 65.0 Å². The molecule has 0 spiro atoms. The molecule has 200 valence electrons. The Balaban J connectivity index is 2.93. The largest absolute Gasteiger partial charge is 0.514 e. The highest BCUT2D eigenvalue weighted by atomic mass is 16.7. The Hall–Kier alpha value is -3.83. The fourth-order valence-electron chi connectivity index (χ4n) is 2.65. The molecule has 0 fully saturated rings. The molecule has 1 rings (SSSR count). The molecule has 4 N–H and O–H groups in total. The molecule has 1 aromatic carbocycles. The molecule has 0 bridgehead atoms. The van der Waals surface area contributed by atoms with Gasteiger partial charge in [-0.15, -0.1) is 0 Å². The van der Waals surface area contributed by atoms with Crippen molar-refractivity contribution in [2.45, 2.75) is 78.2 Å².